The molecule has 0 saturated heterocycles. The van der Waals surface area contributed by atoms with E-state index in [4.69, 9.17) is 4.98 Å². The third-order valence-electron chi connectivity index (χ3n) is 4.06. The Hall–Kier alpha value is -2.35. The Morgan fingerprint density at radius 3 is 2.79 bits per heavy atom. The number of fused-ring (bicyclic) bond motifs is 1. The summed E-state index contributed by atoms with van der Waals surface area (Å²) in [4.78, 5) is 17.5. The number of carbonyl (C=O) groups excluding carboxylic acids is 1. The Balaban J connectivity index is 1.79. The lowest BCUT2D eigenvalue weighted by Gasteiger charge is -2.09. The van der Waals surface area contributed by atoms with Crippen LogP contribution in [0, 0.1) is 6.92 Å². The van der Waals surface area contributed by atoms with Crippen molar-refractivity contribution in [3.63, 3.8) is 0 Å². The number of amides is 1. The van der Waals surface area contributed by atoms with Gasteiger partial charge in [0.05, 0.1) is 17.1 Å². The molecule has 0 unspecified atom stereocenters. The molecule has 1 N–H and O–H groups in total. The van der Waals surface area contributed by atoms with E-state index in [1.807, 2.05) is 17.7 Å². The second-order valence-corrected chi connectivity index (χ2v) is 7.55. The molecule has 1 saturated carbocycles. The molecule has 1 aliphatic rings. The van der Waals surface area contributed by atoms with Gasteiger partial charge in [0.15, 0.2) is 5.65 Å². The van der Waals surface area contributed by atoms with E-state index in [9.17, 15) is 4.79 Å². The zero-order valence-electron chi connectivity index (χ0n) is 13.8. The summed E-state index contributed by atoms with van der Waals surface area (Å²) < 4.78 is 1.87. The molecule has 4 rings (SSSR count). The van der Waals surface area contributed by atoms with Crippen molar-refractivity contribution in [3.8, 4) is 0 Å². The number of hydrogen-bond acceptors (Lipinski definition) is 6. The second-order valence-electron chi connectivity index (χ2n) is 6.37. The van der Waals surface area contributed by atoms with Gasteiger partial charge in [-0.15, -0.1) is 10.2 Å². The summed E-state index contributed by atoms with van der Waals surface area (Å²) in [5.74, 6) is 0.268. The summed E-state index contributed by atoms with van der Waals surface area (Å²) in [5.41, 5.74) is 2.35. The van der Waals surface area contributed by atoms with E-state index in [-0.39, 0.29) is 11.9 Å². The van der Waals surface area contributed by atoms with Crippen LogP contribution in [0.1, 0.15) is 59.7 Å². The van der Waals surface area contributed by atoms with Crippen LogP contribution in [0.4, 0.5) is 5.13 Å². The van der Waals surface area contributed by atoms with Gasteiger partial charge in [-0.1, -0.05) is 11.3 Å². The van der Waals surface area contributed by atoms with E-state index in [1.165, 1.54) is 11.3 Å². The first-order valence-electron chi connectivity index (χ1n) is 8.02. The average Bonchev–Trinajstić information content (AvgIpc) is 3.18. The number of nitrogens with one attached hydrogen (secondary N) is 1. The molecule has 0 radical (unpaired) electrons. The molecular weight excluding hydrogens is 324 g/mol. The van der Waals surface area contributed by atoms with Crippen molar-refractivity contribution < 1.29 is 4.79 Å². The lowest BCUT2D eigenvalue weighted by atomic mass is 10.1. The van der Waals surface area contributed by atoms with E-state index < -0.39 is 0 Å². The topological polar surface area (TPSA) is 85.6 Å². The molecule has 1 fully saturated rings. The van der Waals surface area contributed by atoms with E-state index in [0.29, 0.717) is 16.6 Å². The van der Waals surface area contributed by atoms with Crippen LogP contribution >= 0.6 is 11.3 Å². The van der Waals surface area contributed by atoms with Crippen molar-refractivity contribution in [2.75, 3.05) is 5.32 Å². The molecule has 7 nitrogen and oxygen atoms in total. The normalized spacial score (nSPS) is 14.5. The van der Waals surface area contributed by atoms with E-state index >= 15 is 0 Å². The van der Waals surface area contributed by atoms with E-state index in [1.54, 1.807) is 6.20 Å². The minimum atomic E-state index is -0.191. The van der Waals surface area contributed by atoms with Gasteiger partial charge < -0.3 is 0 Å². The van der Waals surface area contributed by atoms with Crippen LogP contribution in [0.15, 0.2) is 12.3 Å². The Bertz CT molecular complexity index is 924. The van der Waals surface area contributed by atoms with Gasteiger partial charge in [-0.3, -0.25) is 10.1 Å². The molecule has 0 aromatic carbocycles. The fourth-order valence-electron chi connectivity index (χ4n) is 2.70. The van der Waals surface area contributed by atoms with Gasteiger partial charge in [0.1, 0.15) is 5.01 Å². The number of nitrogens with zero attached hydrogens (tertiary/aromatic N) is 5. The van der Waals surface area contributed by atoms with Gasteiger partial charge in [-0.05, 0) is 39.7 Å². The molecule has 3 aromatic heterocycles. The largest absolute Gasteiger partial charge is 0.296 e. The Morgan fingerprint density at radius 1 is 1.38 bits per heavy atom. The standard InChI is InChI=1S/C16H18N6OS/c1-8(2)22-14-12(7-17-22)11(6-13(18-14)10-4-5-10)15(23)19-16-21-20-9(3)24-16/h6-8,10H,4-5H2,1-3H3,(H,19,21,23). The molecule has 0 aliphatic heterocycles. The van der Waals surface area contributed by atoms with Crippen LogP contribution in [0.2, 0.25) is 0 Å². The molecule has 1 amide bonds. The first-order chi connectivity index (χ1) is 11.5. The van der Waals surface area contributed by atoms with Crippen LogP contribution in [0.3, 0.4) is 0 Å². The Morgan fingerprint density at radius 2 is 2.17 bits per heavy atom. The predicted molar refractivity (Wildman–Crippen MR) is 92.5 cm³/mol. The van der Waals surface area contributed by atoms with Crippen LogP contribution in [0.5, 0.6) is 0 Å². The lowest BCUT2D eigenvalue weighted by molar-refractivity contribution is 0.102. The summed E-state index contributed by atoms with van der Waals surface area (Å²) in [6, 6.07) is 2.08. The molecule has 3 aromatic rings. The van der Waals surface area contributed by atoms with Gasteiger partial charge in [-0.25, -0.2) is 9.67 Å². The van der Waals surface area contributed by atoms with Crippen molar-refractivity contribution in [1.82, 2.24) is 25.0 Å². The SMILES string of the molecule is Cc1nnc(NC(=O)c2cc(C3CC3)nc3c2cnn3C(C)C)s1. The molecule has 0 atom stereocenters. The zero-order valence-corrected chi connectivity index (χ0v) is 14.6. The van der Waals surface area contributed by atoms with Crippen LogP contribution in [0.25, 0.3) is 11.0 Å². The molecule has 24 heavy (non-hydrogen) atoms. The predicted octanol–water partition coefficient (Wildman–Crippen LogP) is 3.30. The van der Waals surface area contributed by atoms with Gasteiger partial charge in [0, 0.05) is 17.7 Å². The third kappa shape index (κ3) is 2.66. The number of aryl methyl sites for hydroxylation is 1. The Labute approximate surface area is 143 Å². The van der Waals surface area contributed by atoms with Crippen molar-refractivity contribution in [2.45, 2.75) is 45.6 Å². The number of aromatic nitrogens is 5. The number of rotatable bonds is 4. The number of carbonyl (C=O) groups is 1. The monoisotopic (exact) mass is 342 g/mol. The third-order valence-corrected chi connectivity index (χ3v) is 4.82. The van der Waals surface area contributed by atoms with E-state index in [0.717, 1.165) is 34.6 Å². The molecule has 8 heteroatoms. The molecule has 3 heterocycles. The van der Waals surface area contributed by atoms with E-state index in [2.05, 4.69) is 34.5 Å². The van der Waals surface area contributed by atoms with Gasteiger partial charge in [-0.2, -0.15) is 5.10 Å². The molecule has 124 valence electrons. The van der Waals surface area contributed by atoms with Gasteiger partial charge in [0.25, 0.3) is 5.91 Å². The first kappa shape index (κ1) is 15.2. The minimum Gasteiger partial charge on any atom is -0.296 e. The Kier molecular flexibility index (Phi) is 3.56. The fourth-order valence-corrected chi connectivity index (χ4v) is 3.29. The average molecular weight is 342 g/mol. The van der Waals surface area contributed by atoms with Crippen molar-refractivity contribution in [3.05, 3.63) is 28.5 Å². The number of hydrogen-bond donors (Lipinski definition) is 1. The lowest BCUT2D eigenvalue weighted by Crippen LogP contribution is -2.13. The highest BCUT2D eigenvalue weighted by Gasteiger charge is 2.28. The molecule has 1 aliphatic carbocycles. The minimum absolute atomic E-state index is 0.186. The number of pyridine rings is 1. The summed E-state index contributed by atoms with van der Waals surface area (Å²) in [7, 11) is 0. The summed E-state index contributed by atoms with van der Waals surface area (Å²) >= 11 is 1.36. The first-order valence-corrected chi connectivity index (χ1v) is 8.84. The zero-order chi connectivity index (χ0) is 16.8. The maximum atomic E-state index is 12.8. The molecular formula is C16H18N6OS. The van der Waals surface area contributed by atoms with Crippen molar-refractivity contribution in [1.29, 1.82) is 0 Å². The highest BCUT2D eigenvalue weighted by Crippen LogP contribution is 2.40. The maximum Gasteiger partial charge on any atom is 0.258 e. The summed E-state index contributed by atoms with van der Waals surface area (Å²) in [6.07, 6.45) is 3.98. The second kappa shape index (κ2) is 5.62. The quantitative estimate of drug-likeness (QED) is 0.786. The fraction of sp³-hybridized carbons (Fsp3) is 0.438. The van der Waals surface area contributed by atoms with Crippen molar-refractivity contribution >= 4 is 33.4 Å². The molecule has 0 spiro atoms. The van der Waals surface area contributed by atoms with Crippen LogP contribution in [-0.4, -0.2) is 30.9 Å². The highest BCUT2D eigenvalue weighted by atomic mass is 32.1. The van der Waals surface area contributed by atoms with Crippen molar-refractivity contribution in [2.24, 2.45) is 0 Å². The summed E-state index contributed by atoms with van der Waals surface area (Å²) in [6.45, 7) is 5.97. The number of anilines is 1. The molecule has 0 bridgehead atoms. The highest BCUT2D eigenvalue weighted by molar-refractivity contribution is 7.15. The maximum absolute atomic E-state index is 12.8. The smallest absolute Gasteiger partial charge is 0.258 e. The van der Waals surface area contributed by atoms with Crippen LogP contribution < -0.4 is 5.32 Å². The summed E-state index contributed by atoms with van der Waals surface area (Å²) in [5, 5.41) is 17.2. The van der Waals surface area contributed by atoms with Gasteiger partial charge in [0.2, 0.25) is 5.13 Å². The van der Waals surface area contributed by atoms with Gasteiger partial charge >= 0.3 is 0 Å². The van der Waals surface area contributed by atoms with Crippen LogP contribution in [-0.2, 0) is 0 Å².